The number of carboxylic acids is 1. The first-order valence-corrected chi connectivity index (χ1v) is 7.58. The number of carboxylic acid groups (broad SMARTS) is 1. The number of nitrogens with zero attached hydrogens (tertiary/aromatic N) is 1. The lowest BCUT2D eigenvalue weighted by atomic mass is 10.1. The van der Waals surface area contributed by atoms with Gasteiger partial charge in [0.25, 0.3) is 0 Å². The summed E-state index contributed by atoms with van der Waals surface area (Å²) < 4.78 is 0. The van der Waals surface area contributed by atoms with Crippen molar-refractivity contribution in [3.05, 3.63) is 35.4 Å². The third kappa shape index (κ3) is 3.90. The summed E-state index contributed by atoms with van der Waals surface area (Å²) in [5, 5.41) is 12.2. The van der Waals surface area contributed by atoms with E-state index >= 15 is 0 Å². The number of thioether (sulfide) groups is 1. The Hall–Kier alpha value is -1.69. The van der Waals surface area contributed by atoms with Crippen LogP contribution in [-0.2, 0) is 6.54 Å². The molecule has 2 amide bonds. The molecule has 0 aromatic heterocycles. The molecule has 1 unspecified atom stereocenters. The maximum atomic E-state index is 12.0. The largest absolute Gasteiger partial charge is 0.478 e. The number of amides is 2. The number of hydrogen-bond acceptors (Lipinski definition) is 3. The van der Waals surface area contributed by atoms with Crippen LogP contribution in [0.4, 0.5) is 4.79 Å². The summed E-state index contributed by atoms with van der Waals surface area (Å²) in [6.07, 6.45) is 0. The number of carbonyl (C=O) groups excluding carboxylic acids is 1. The molecule has 1 aliphatic rings. The van der Waals surface area contributed by atoms with Crippen molar-refractivity contribution in [2.24, 2.45) is 0 Å². The van der Waals surface area contributed by atoms with E-state index < -0.39 is 5.97 Å². The van der Waals surface area contributed by atoms with Crippen LogP contribution in [0.2, 0.25) is 0 Å². The van der Waals surface area contributed by atoms with E-state index in [1.807, 2.05) is 16.7 Å². The molecule has 6 heteroatoms. The van der Waals surface area contributed by atoms with E-state index in [0.717, 1.165) is 24.4 Å². The van der Waals surface area contributed by atoms with Crippen molar-refractivity contribution in [1.82, 2.24) is 10.2 Å². The standard InChI is InChI=1S/C14H18N2O3S/c1-10-9-16(6-7-20-10)14(19)15-8-11-2-4-12(5-3-11)13(17)18/h2-5,10H,6-9H2,1H3,(H,15,19)(H,17,18). The van der Waals surface area contributed by atoms with E-state index in [2.05, 4.69) is 12.2 Å². The highest BCUT2D eigenvalue weighted by atomic mass is 32.2. The molecule has 1 aromatic rings. The SMILES string of the molecule is CC1CN(C(=O)NCc2ccc(C(=O)O)cc2)CCS1. The average molecular weight is 294 g/mol. The van der Waals surface area contributed by atoms with Crippen molar-refractivity contribution in [3.63, 3.8) is 0 Å². The molecule has 0 bridgehead atoms. The molecule has 2 N–H and O–H groups in total. The van der Waals surface area contributed by atoms with Gasteiger partial charge in [-0.15, -0.1) is 0 Å². The quantitative estimate of drug-likeness (QED) is 0.895. The minimum absolute atomic E-state index is 0.0561. The minimum atomic E-state index is -0.944. The second-order valence-electron chi connectivity index (χ2n) is 4.79. The summed E-state index contributed by atoms with van der Waals surface area (Å²) >= 11 is 1.88. The van der Waals surface area contributed by atoms with Gasteiger partial charge < -0.3 is 15.3 Å². The molecule has 0 spiro atoms. The Morgan fingerprint density at radius 2 is 2.10 bits per heavy atom. The van der Waals surface area contributed by atoms with Crippen molar-refractivity contribution in [2.75, 3.05) is 18.8 Å². The fourth-order valence-electron chi connectivity index (χ4n) is 2.06. The van der Waals surface area contributed by atoms with Crippen molar-refractivity contribution in [3.8, 4) is 0 Å². The normalized spacial score (nSPS) is 18.6. The summed E-state index contributed by atoms with van der Waals surface area (Å²) in [6.45, 7) is 4.08. The van der Waals surface area contributed by atoms with Crippen molar-refractivity contribution in [2.45, 2.75) is 18.7 Å². The number of nitrogens with one attached hydrogen (secondary N) is 1. The van der Waals surface area contributed by atoms with E-state index in [9.17, 15) is 9.59 Å². The van der Waals surface area contributed by atoms with Crippen LogP contribution in [0.25, 0.3) is 0 Å². The predicted octanol–water partition coefficient (Wildman–Crippen LogP) is 2.03. The van der Waals surface area contributed by atoms with Crippen LogP contribution in [0.1, 0.15) is 22.8 Å². The van der Waals surface area contributed by atoms with Gasteiger partial charge >= 0.3 is 12.0 Å². The van der Waals surface area contributed by atoms with Gasteiger partial charge in [0.05, 0.1) is 5.56 Å². The van der Waals surface area contributed by atoms with Crippen LogP contribution in [-0.4, -0.2) is 46.1 Å². The molecular weight excluding hydrogens is 276 g/mol. The van der Waals surface area contributed by atoms with E-state index in [0.29, 0.717) is 11.8 Å². The zero-order valence-corrected chi connectivity index (χ0v) is 12.2. The molecule has 108 valence electrons. The number of carbonyl (C=O) groups is 2. The first-order valence-electron chi connectivity index (χ1n) is 6.53. The molecule has 2 rings (SSSR count). The summed E-state index contributed by atoms with van der Waals surface area (Å²) in [6, 6.07) is 6.48. The lowest BCUT2D eigenvalue weighted by molar-refractivity contribution is 0.0697. The Balaban J connectivity index is 1.85. The van der Waals surface area contributed by atoms with E-state index in [1.54, 1.807) is 24.3 Å². The molecule has 1 atom stereocenters. The smallest absolute Gasteiger partial charge is 0.335 e. The molecule has 5 nitrogen and oxygen atoms in total. The van der Waals surface area contributed by atoms with Crippen molar-refractivity contribution in [1.29, 1.82) is 0 Å². The molecule has 1 fully saturated rings. The Kier molecular flexibility index (Phi) is 4.89. The van der Waals surface area contributed by atoms with Gasteiger partial charge in [0.2, 0.25) is 0 Å². The van der Waals surface area contributed by atoms with Crippen LogP contribution < -0.4 is 5.32 Å². The lowest BCUT2D eigenvalue weighted by Gasteiger charge is -2.30. The van der Waals surface area contributed by atoms with E-state index in [4.69, 9.17) is 5.11 Å². The van der Waals surface area contributed by atoms with Crippen molar-refractivity contribution >= 4 is 23.8 Å². The molecule has 0 saturated carbocycles. The molecule has 1 saturated heterocycles. The summed E-state index contributed by atoms with van der Waals surface area (Å²) in [5.41, 5.74) is 1.14. The first-order chi connectivity index (χ1) is 9.56. The summed E-state index contributed by atoms with van der Waals surface area (Å²) in [5.74, 6) is 0.0300. The number of urea groups is 1. The predicted molar refractivity (Wildman–Crippen MR) is 79.1 cm³/mol. The van der Waals surface area contributed by atoms with Crippen LogP contribution >= 0.6 is 11.8 Å². The van der Waals surface area contributed by atoms with Gasteiger partial charge in [-0.05, 0) is 17.7 Å². The molecule has 1 aromatic carbocycles. The number of benzene rings is 1. The molecular formula is C14H18N2O3S. The summed E-state index contributed by atoms with van der Waals surface area (Å²) in [7, 11) is 0. The van der Waals surface area contributed by atoms with Crippen LogP contribution in [0, 0.1) is 0 Å². The second kappa shape index (κ2) is 6.65. The fraction of sp³-hybridized carbons (Fsp3) is 0.429. The zero-order valence-electron chi connectivity index (χ0n) is 11.3. The molecule has 20 heavy (non-hydrogen) atoms. The van der Waals surface area contributed by atoms with Gasteiger partial charge in [-0.3, -0.25) is 0 Å². The van der Waals surface area contributed by atoms with Gasteiger partial charge in [-0.2, -0.15) is 11.8 Å². The Morgan fingerprint density at radius 3 is 2.70 bits per heavy atom. The third-order valence-electron chi connectivity index (χ3n) is 3.17. The van der Waals surface area contributed by atoms with Gasteiger partial charge in [-0.25, -0.2) is 9.59 Å². The second-order valence-corrected chi connectivity index (χ2v) is 6.33. The zero-order chi connectivity index (χ0) is 14.5. The minimum Gasteiger partial charge on any atom is -0.478 e. The molecule has 1 aliphatic heterocycles. The number of rotatable bonds is 3. The maximum absolute atomic E-state index is 12.0. The van der Waals surface area contributed by atoms with Gasteiger partial charge in [0.15, 0.2) is 0 Å². The Labute approximate surface area is 122 Å². The molecule has 0 radical (unpaired) electrons. The highest BCUT2D eigenvalue weighted by Gasteiger charge is 2.20. The number of hydrogen-bond donors (Lipinski definition) is 2. The van der Waals surface area contributed by atoms with Crippen LogP contribution in [0.3, 0.4) is 0 Å². The van der Waals surface area contributed by atoms with Gasteiger partial charge in [-0.1, -0.05) is 19.1 Å². The maximum Gasteiger partial charge on any atom is 0.335 e. The highest BCUT2D eigenvalue weighted by Crippen LogP contribution is 2.17. The van der Waals surface area contributed by atoms with E-state index in [-0.39, 0.29) is 11.6 Å². The number of aromatic carboxylic acids is 1. The first kappa shape index (κ1) is 14.7. The summed E-state index contributed by atoms with van der Waals surface area (Å²) in [4.78, 5) is 24.6. The topological polar surface area (TPSA) is 69.6 Å². The van der Waals surface area contributed by atoms with E-state index in [1.165, 1.54) is 0 Å². The Morgan fingerprint density at radius 1 is 1.40 bits per heavy atom. The Bertz CT molecular complexity index is 490. The third-order valence-corrected chi connectivity index (χ3v) is 4.31. The van der Waals surface area contributed by atoms with Gasteiger partial charge in [0, 0.05) is 30.6 Å². The monoisotopic (exact) mass is 294 g/mol. The lowest BCUT2D eigenvalue weighted by Crippen LogP contribution is -2.46. The molecule has 0 aliphatic carbocycles. The molecule has 1 heterocycles. The highest BCUT2D eigenvalue weighted by molar-refractivity contribution is 7.99. The average Bonchev–Trinajstić information content (AvgIpc) is 2.45. The van der Waals surface area contributed by atoms with Crippen LogP contribution in [0.15, 0.2) is 24.3 Å². The van der Waals surface area contributed by atoms with Crippen LogP contribution in [0.5, 0.6) is 0 Å². The van der Waals surface area contributed by atoms with Gasteiger partial charge in [0.1, 0.15) is 0 Å². The van der Waals surface area contributed by atoms with Crippen molar-refractivity contribution < 1.29 is 14.7 Å². The fourth-order valence-corrected chi connectivity index (χ4v) is 3.07.